The van der Waals surface area contributed by atoms with E-state index in [1.54, 1.807) is 44.4 Å². The molecule has 0 saturated carbocycles. The molecule has 0 spiro atoms. The van der Waals surface area contributed by atoms with Crippen LogP contribution < -0.4 is 25.4 Å². The van der Waals surface area contributed by atoms with E-state index in [2.05, 4.69) is 16.0 Å². The maximum atomic E-state index is 13.0. The minimum absolute atomic E-state index is 0.318. The van der Waals surface area contributed by atoms with Crippen LogP contribution in [-0.4, -0.2) is 26.2 Å². The van der Waals surface area contributed by atoms with E-state index in [0.717, 1.165) is 0 Å². The summed E-state index contributed by atoms with van der Waals surface area (Å²) < 4.78 is 10.7. The summed E-state index contributed by atoms with van der Waals surface area (Å²) in [5, 5.41) is 8.32. The highest BCUT2D eigenvalue weighted by Crippen LogP contribution is 2.35. The second-order valence-electron chi connectivity index (χ2n) is 6.00. The fraction of sp³-hybridized carbons (Fsp3) is 0.200. The number of para-hydroxylation sites is 1. The van der Waals surface area contributed by atoms with E-state index in [-0.39, 0.29) is 5.91 Å². The average Bonchev–Trinajstić information content (AvgIpc) is 2.67. The molecule has 1 aliphatic rings. The number of urea groups is 1. The topological polar surface area (TPSA) is 88.7 Å². The lowest BCUT2D eigenvalue weighted by Crippen LogP contribution is -2.46. The number of anilines is 1. The summed E-state index contributed by atoms with van der Waals surface area (Å²) in [6.45, 7) is 1.69. The van der Waals surface area contributed by atoms with Crippen LogP contribution in [0.1, 0.15) is 18.5 Å². The van der Waals surface area contributed by atoms with Crippen molar-refractivity contribution in [2.24, 2.45) is 0 Å². The second-order valence-corrected chi connectivity index (χ2v) is 6.00. The van der Waals surface area contributed by atoms with E-state index in [4.69, 9.17) is 9.47 Å². The number of hydrogen-bond donors (Lipinski definition) is 3. The third-order valence-electron chi connectivity index (χ3n) is 4.29. The number of allylic oxidation sites excluding steroid dienone is 1. The summed E-state index contributed by atoms with van der Waals surface area (Å²) in [7, 11) is 3.09. The van der Waals surface area contributed by atoms with Crippen LogP contribution in [-0.2, 0) is 4.79 Å². The van der Waals surface area contributed by atoms with Crippen LogP contribution in [0.3, 0.4) is 0 Å². The Morgan fingerprint density at radius 2 is 1.81 bits per heavy atom. The first-order chi connectivity index (χ1) is 13.0. The van der Waals surface area contributed by atoms with Gasteiger partial charge in [-0.1, -0.05) is 18.2 Å². The van der Waals surface area contributed by atoms with Crippen LogP contribution in [0.4, 0.5) is 10.5 Å². The lowest BCUT2D eigenvalue weighted by atomic mass is 9.93. The third kappa shape index (κ3) is 3.87. The summed E-state index contributed by atoms with van der Waals surface area (Å²) in [6, 6.07) is 13.3. The summed E-state index contributed by atoms with van der Waals surface area (Å²) in [4.78, 5) is 25.1. The number of hydrogen-bond acceptors (Lipinski definition) is 4. The molecule has 0 saturated heterocycles. The number of ether oxygens (including phenoxy) is 2. The number of carbonyl (C=O) groups is 2. The molecule has 0 bridgehead atoms. The summed E-state index contributed by atoms with van der Waals surface area (Å²) in [6.07, 6.45) is 0. The average molecular weight is 367 g/mol. The molecule has 27 heavy (non-hydrogen) atoms. The van der Waals surface area contributed by atoms with E-state index in [0.29, 0.717) is 34.0 Å². The Labute approximate surface area is 157 Å². The molecule has 1 aliphatic heterocycles. The Morgan fingerprint density at radius 3 is 2.48 bits per heavy atom. The van der Waals surface area contributed by atoms with Crippen LogP contribution in [0.5, 0.6) is 11.5 Å². The maximum absolute atomic E-state index is 13.0. The SMILES string of the molecule is COc1ccc(OC)c([C@H]2NC(=O)NC(C)=C2C(=O)Nc2ccccc2)c1. The smallest absolute Gasteiger partial charge is 0.319 e. The summed E-state index contributed by atoms with van der Waals surface area (Å²) in [5.41, 5.74) is 2.16. The molecule has 7 nitrogen and oxygen atoms in total. The van der Waals surface area contributed by atoms with Crippen molar-refractivity contribution < 1.29 is 19.1 Å². The molecule has 3 rings (SSSR count). The first-order valence-electron chi connectivity index (χ1n) is 8.40. The zero-order valence-corrected chi connectivity index (χ0v) is 15.3. The van der Waals surface area contributed by atoms with Gasteiger partial charge in [0, 0.05) is 16.9 Å². The van der Waals surface area contributed by atoms with Crippen LogP contribution in [0.2, 0.25) is 0 Å². The minimum Gasteiger partial charge on any atom is -0.497 e. The predicted molar refractivity (Wildman–Crippen MR) is 102 cm³/mol. The number of methoxy groups -OCH3 is 2. The fourth-order valence-electron chi connectivity index (χ4n) is 3.01. The predicted octanol–water partition coefficient (Wildman–Crippen LogP) is 2.97. The maximum Gasteiger partial charge on any atom is 0.319 e. The molecule has 3 N–H and O–H groups in total. The standard InChI is InChI=1S/C20H21N3O4/c1-12-17(19(24)22-13-7-5-4-6-8-13)18(23-20(25)21-12)15-11-14(26-2)9-10-16(15)27-3/h4-11,18H,1-3H3,(H,22,24)(H2,21,23,25)/t18-/m1/s1. The van der Waals surface area contributed by atoms with E-state index in [9.17, 15) is 9.59 Å². The van der Waals surface area contributed by atoms with E-state index >= 15 is 0 Å². The molecule has 1 heterocycles. The second kappa shape index (κ2) is 7.82. The zero-order chi connectivity index (χ0) is 19.4. The quantitative estimate of drug-likeness (QED) is 0.758. The van der Waals surface area contributed by atoms with E-state index < -0.39 is 12.1 Å². The Balaban J connectivity index is 2.03. The van der Waals surface area contributed by atoms with Crippen molar-refractivity contribution in [3.05, 3.63) is 65.4 Å². The number of rotatable bonds is 5. The third-order valence-corrected chi connectivity index (χ3v) is 4.29. The van der Waals surface area contributed by atoms with Gasteiger partial charge in [-0.25, -0.2) is 4.79 Å². The highest BCUT2D eigenvalue weighted by Gasteiger charge is 2.33. The molecule has 3 amide bonds. The molecule has 0 aliphatic carbocycles. The molecule has 2 aromatic rings. The molecule has 0 aromatic heterocycles. The van der Waals surface area contributed by atoms with Gasteiger partial charge in [0.05, 0.1) is 25.8 Å². The van der Waals surface area contributed by atoms with Gasteiger partial charge in [0.25, 0.3) is 5.91 Å². The monoisotopic (exact) mass is 367 g/mol. The lowest BCUT2D eigenvalue weighted by Gasteiger charge is -2.29. The van der Waals surface area contributed by atoms with Gasteiger partial charge in [0.1, 0.15) is 11.5 Å². The van der Waals surface area contributed by atoms with Gasteiger partial charge in [-0.3, -0.25) is 4.79 Å². The Kier molecular flexibility index (Phi) is 5.30. The summed E-state index contributed by atoms with van der Waals surface area (Å²) in [5.74, 6) is 0.820. The van der Waals surface area contributed by atoms with Gasteiger partial charge >= 0.3 is 6.03 Å². The number of carbonyl (C=O) groups excluding carboxylic acids is 2. The van der Waals surface area contributed by atoms with Crippen molar-refractivity contribution in [2.75, 3.05) is 19.5 Å². The van der Waals surface area contributed by atoms with Gasteiger partial charge in [0.2, 0.25) is 0 Å². The molecule has 140 valence electrons. The van der Waals surface area contributed by atoms with Gasteiger partial charge in [-0.15, -0.1) is 0 Å². The molecule has 2 aromatic carbocycles. The Morgan fingerprint density at radius 1 is 1.07 bits per heavy atom. The first kappa shape index (κ1) is 18.3. The number of amides is 3. The Hall–Kier alpha value is -3.48. The Bertz CT molecular complexity index is 893. The van der Waals surface area contributed by atoms with Gasteiger partial charge in [-0.2, -0.15) is 0 Å². The van der Waals surface area contributed by atoms with E-state index in [1.165, 1.54) is 7.11 Å². The molecule has 1 atom stereocenters. The van der Waals surface area contributed by atoms with Crippen LogP contribution in [0.15, 0.2) is 59.8 Å². The van der Waals surface area contributed by atoms with Crippen molar-refractivity contribution in [3.8, 4) is 11.5 Å². The van der Waals surface area contributed by atoms with Crippen molar-refractivity contribution in [2.45, 2.75) is 13.0 Å². The van der Waals surface area contributed by atoms with Gasteiger partial charge in [0.15, 0.2) is 0 Å². The van der Waals surface area contributed by atoms with Gasteiger partial charge in [-0.05, 0) is 37.3 Å². The number of nitrogens with one attached hydrogen (secondary N) is 3. The van der Waals surface area contributed by atoms with Gasteiger partial charge < -0.3 is 25.4 Å². The van der Waals surface area contributed by atoms with Crippen molar-refractivity contribution in [3.63, 3.8) is 0 Å². The molecule has 0 radical (unpaired) electrons. The molecular weight excluding hydrogens is 346 g/mol. The van der Waals surface area contributed by atoms with Crippen LogP contribution in [0.25, 0.3) is 0 Å². The fourth-order valence-corrected chi connectivity index (χ4v) is 3.01. The zero-order valence-electron chi connectivity index (χ0n) is 15.3. The highest BCUT2D eigenvalue weighted by molar-refractivity contribution is 6.06. The highest BCUT2D eigenvalue weighted by atomic mass is 16.5. The van der Waals surface area contributed by atoms with Crippen LogP contribution in [0, 0.1) is 0 Å². The van der Waals surface area contributed by atoms with Crippen molar-refractivity contribution >= 4 is 17.6 Å². The normalized spacial score (nSPS) is 16.3. The molecule has 7 heteroatoms. The van der Waals surface area contributed by atoms with E-state index in [1.807, 2.05) is 18.2 Å². The summed E-state index contributed by atoms with van der Waals surface area (Å²) >= 11 is 0. The first-order valence-corrected chi connectivity index (χ1v) is 8.40. The van der Waals surface area contributed by atoms with Crippen LogP contribution >= 0.6 is 0 Å². The van der Waals surface area contributed by atoms with Crippen molar-refractivity contribution in [1.29, 1.82) is 0 Å². The molecular formula is C20H21N3O4. The van der Waals surface area contributed by atoms with Crippen molar-refractivity contribution in [1.82, 2.24) is 10.6 Å². The largest absolute Gasteiger partial charge is 0.497 e. The molecule has 0 fully saturated rings. The lowest BCUT2D eigenvalue weighted by molar-refractivity contribution is -0.113. The molecule has 0 unspecified atom stereocenters. The minimum atomic E-state index is -0.687. The number of benzene rings is 2.